The Bertz CT molecular complexity index is 431. The van der Waals surface area contributed by atoms with Gasteiger partial charge in [0.2, 0.25) is 6.17 Å². The molecule has 1 unspecified atom stereocenters. The molecule has 0 bridgehead atoms. The minimum atomic E-state index is -2.12. The van der Waals surface area contributed by atoms with Crippen LogP contribution in [-0.2, 0) is 9.53 Å². The lowest BCUT2D eigenvalue weighted by Gasteiger charge is -2.17. The second-order valence-electron chi connectivity index (χ2n) is 3.54. The third-order valence-electron chi connectivity index (χ3n) is 2.40. The van der Waals surface area contributed by atoms with E-state index in [0.29, 0.717) is 0 Å². The quantitative estimate of drug-likeness (QED) is 0.846. The number of benzene rings is 1. The minimum absolute atomic E-state index is 0. The number of methoxy groups -OCH3 is 1. The van der Waals surface area contributed by atoms with Gasteiger partial charge in [0.05, 0.1) is 19.8 Å². The van der Waals surface area contributed by atoms with Crippen molar-refractivity contribution >= 4 is 18.4 Å². The standard InChI is InChI=1S/C12H15F2NO3.ClH/c1-3-18-12(16)10(14)11(15)7-5-4-6-8(17-2)9(7)13;/h4-6,10-11H,3,15H2,1-2H3;1H/t10?,11-;/m0./s1. The monoisotopic (exact) mass is 295 g/mol. The van der Waals surface area contributed by atoms with Gasteiger partial charge in [0.25, 0.3) is 0 Å². The molecule has 19 heavy (non-hydrogen) atoms. The van der Waals surface area contributed by atoms with Crippen molar-refractivity contribution in [3.05, 3.63) is 29.6 Å². The van der Waals surface area contributed by atoms with E-state index < -0.39 is 24.0 Å². The number of carbonyl (C=O) groups is 1. The van der Waals surface area contributed by atoms with E-state index in [-0.39, 0.29) is 30.3 Å². The molecule has 1 rings (SSSR count). The van der Waals surface area contributed by atoms with Gasteiger partial charge in [-0.05, 0) is 13.0 Å². The van der Waals surface area contributed by atoms with Crippen LogP contribution in [-0.4, -0.2) is 25.9 Å². The third-order valence-corrected chi connectivity index (χ3v) is 2.40. The summed E-state index contributed by atoms with van der Waals surface area (Å²) < 4.78 is 36.7. The van der Waals surface area contributed by atoms with Gasteiger partial charge in [0.15, 0.2) is 11.6 Å². The molecular weight excluding hydrogens is 280 g/mol. The topological polar surface area (TPSA) is 61.5 Å². The summed E-state index contributed by atoms with van der Waals surface area (Å²) in [6.07, 6.45) is -2.12. The SMILES string of the molecule is CCOC(=O)C(F)[C@@H](N)c1cccc(OC)c1F.Cl. The van der Waals surface area contributed by atoms with Crippen LogP contribution >= 0.6 is 12.4 Å². The average molecular weight is 296 g/mol. The van der Waals surface area contributed by atoms with Crippen molar-refractivity contribution in [2.75, 3.05) is 13.7 Å². The molecule has 0 heterocycles. The van der Waals surface area contributed by atoms with Crippen molar-refractivity contribution in [2.45, 2.75) is 19.1 Å². The van der Waals surface area contributed by atoms with E-state index in [1.165, 1.54) is 25.3 Å². The Balaban J connectivity index is 0.00000324. The van der Waals surface area contributed by atoms with Gasteiger partial charge in [-0.2, -0.15) is 0 Å². The number of alkyl halides is 1. The van der Waals surface area contributed by atoms with Crippen LogP contribution < -0.4 is 10.5 Å². The third kappa shape index (κ3) is 4.04. The first kappa shape index (κ1) is 17.6. The van der Waals surface area contributed by atoms with Crippen LogP contribution in [0.2, 0.25) is 0 Å². The molecular formula is C12H16ClF2NO3. The molecule has 1 aromatic rings. The van der Waals surface area contributed by atoms with E-state index in [9.17, 15) is 13.6 Å². The Morgan fingerprint density at radius 2 is 2.11 bits per heavy atom. The lowest BCUT2D eigenvalue weighted by molar-refractivity contribution is -0.149. The largest absolute Gasteiger partial charge is 0.494 e. The first-order valence-electron chi connectivity index (χ1n) is 5.41. The number of carbonyl (C=O) groups excluding carboxylic acids is 1. The maximum absolute atomic E-state index is 13.8. The maximum atomic E-state index is 13.8. The number of nitrogens with two attached hydrogens (primary N) is 1. The molecule has 0 fully saturated rings. The Morgan fingerprint density at radius 3 is 2.63 bits per heavy atom. The van der Waals surface area contributed by atoms with Crippen molar-refractivity contribution in [1.29, 1.82) is 0 Å². The van der Waals surface area contributed by atoms with Crippen LogP contribution in [0.15, 0.2) is 18.2 Å². The second-order valence-corrected chi connectivity index (χ2v) is 3.54. The van der Waals surface area contributed by atoms with E-state index in [4.69, 9.17) is 10.5 Å². The first-order chi connectivity index (χ1) is 8.52. The zero-order chi connectivity index (χ0) is 13.7. The van der Waals surface area contributed by atoms with Crippen LogP contribution in [0.3, 0.4) is 0 Å². The summed E-state index contributed by atoms with van der Waals surface area (Å²) in [4.78, 5) is 11.2. The molecule has 0 aliphatic rings. The van der Waals surface area contributed by atoms with Crippen LogP contribution in [0.1, 0.15) is 18.5 Å². The van der Waals surface area contributed by atoms with Crippen molar-refractivity contribution in [2.24, 2.45) is 5.73 Å². The maximum Gasteiger partial charge on any atom is 0.342 e. The predicted octanol–water partition coefficient (Wildman–Crippen LogP) is 2.16. The van der Waals surface area contributed by atoms with Gasteiger partial charge in [-0.1, -0.05) is 12.1 Å². The fraction of sp³-hybridized carbons (Fsp3) is 0.417. The zero-order valence-corrected chi connectivity index (χ0v) is 11.4. The summed E-state index contributed by atoms with van der Waals surface area (Å²) in [7, 11) is 1.28. The molecule has 0 radical (unpaired) electrons. The number of ether oxygens (including phenoxy) is 2. The second kappa shape index (κ2) is 7.91. The van der Waals surface area contributed by atoms with Crippen LogP contribution in [0.4, 0.5) is 8.78 Å². The number of rotatable bonds is 5. The molecule has 0 aliphatic carbocycles. The molecule has 108 valence electrons. The Kier molecular flexibility index (Phi) is 7.33. The highest BCUT2D eigenvalue weighted by molar-refractivity contribution is 5.85. The van der Waals surface area contributed by atoms with Gasteiger partial charge in [-0.25, -0.2) is 13.6 Å². The molecule has 0 amide bonds. The van der Waals surface area contributed by atoms with Gasteiger partial charge in [0.1, 0.15) is 0 Å². The number of hydrogen-bond acceptors (Lipinski definition) is 4. The van der Waals surface area contributed by atoms with Crippen LogP contribution in [0.5, 0.6) is 5.75 Å². The summed E-state index contributed by atoms with van der Waals surface area (Å²) in [6.45, 7) is 1.58. The Morgan fingerprint density at radius 1 is 1.47 bits per heavy atom. The fourth-order valence-electron chi connectivity index (χ4n) is 1.47. The van der Waals surface area contributed by atoms with Gasteiger partial charge in [-0.15, -0.1) is 12.4 Å². The van der Waals surface area contributed by atoms with E-state index in [2.05, 4.69) is 4.74 Å². The molecule has 0 aromatic heterocycles. The van der Waals surface area contributed by atoms with E-state index in [0.717, 1.165) is 0 Å². The smallest absolute Gasteiger partial charge is 0.342 e. The van der Waals surface area contributed by atoms with Gasteiger partial charge in [0, 0.05) is 5.56 Å². The van der Waals surface area contributed by atoms with Crippen LogP contribution in [0, 0.1) is 5.82 Å². The lowest BCUT2D eigenvalue weighted by Crippen LogP contribution is -2.32. The normalized spacial score (nSPS) is 13.1. The van der Waals surface area contributed by atoms with E-state index >= 15 is 0 Å². The average Bonchev–Trinajstić information content (AvgIpc) is 2.37. The molecule has 2 atom stereocenters. The summed E-state index contributed by atoms with van der Waals surface area (Å²) in [5.74, 6) is -1.94. The van der Waals surface area contributed by atoms with Gasteiger partial charge in [-0.3, -0.25) is 0 Å². The molecule has 2 N–H and O–H groups in total. The number of halogens is 3. The number of hydrogen-bond donors (Lipinski definition) is 1. The van der Waals surface area contributed by atoms with Crippen molar-refractivity contribution in [3.8, 4) is 5.75 Å². The van der Waals surface area contributed by atoms with Gasteiger partial charge < -0.3 is 15.2 Å². The summed E-state index contributed by atoms with van der Waals surface area (Å²) in [6, 6.07) is 2.71. The fourth-order valence-corrected chi connectivity index (χ4v) is 1.47. The molecule has 0 saturated heterocycles. The number of esters is 1. The molecule has 0 spiro atoms. The highest BCUT2D eigenvalue weighted by atomic mass is 35.5. The Hall–Kier alpha value is -1.40. The lowest BCUT2D eigenvalue weighted by atomic mass is 10.0. The highest BCUT2D eigenvalue weighted by Gasteiger charge is 2.30. The Labute approximate surface area is 116 Å². The van der Waals surface area contributed by atoms with E-state index in [1.54, 1.807) is 6.92 Å². The zero-order valence-electron chi connectivity index (χ0n) is 10.6. The van der Waals surface area contributed by atoms with Gasteiger partial charge >= 0.3 is 5.97 Å². The summed E-state index contributed by atoms with van der Waals surface area (Å²) >= 11 is 0. The molecule has 7 heteroatoms. The summed E-state index contributed by atoms with van der Waals surface area (Å²) in [5.41, 5.74) is 5.39. The van der Waals surface area contributed by atoms with E-state index in [1.807, 2.05) is 0 Å². The van der Waals surface area contributed by atoms with Crippen molar-refractivity contribution in [3.63, 3.8) is 0 Å². The predicted molar refractivity (Wildman–Crippen MR) is 68.7 cm³/mol. The van der Waals surface area contributed by atoms with Crippen molar-refractivity contribution < 1.29 is 23.0 Å². The highest BCUT2D eigenvalue weighted by Crippen LogP contribution is 2.26. The summed E-state index contributed by atoms with van der Waals surface area (Å²) in [5, 5.41) is 0. The van der Waals surface area contributed by atoms with Crippen LogP contribution in [0.25, 0.3) is 0 Å². The van der Waals surface area contributed by atoms with Crippen molar-refractivity contribution in [1.82, 2.24) is 0 Å². The molecule has 0 aliphatic heterocycles. The molecule has 4 nitrogen and oxygen atoms in total. The first-order valence-corrected chi connectivity index (χ1v) is 5.41. The minimum Gasteiger partial charge on any atom is -0.494 e. The molecule has 0 saturated carbocycles. The molecule has 1 aromatic carbocycles.